The fraction of sp³-hybridized carbons (Fsp3) is 0.714. The van der Waals surface area contributed by atoms with Crippen LogP contribution in [-0.2, 0) is 4.74 Å². The van der Waals surface area contributed by atoms with Gasteiger partial charge >= 0.3 is 0 Å². The highest BCUT2D eigenvalue weighted by molar-refractivity contribution is 7.13. The highest BCUT2D eigenvalue weighted by Gasteiger charge is 2.31. The SMILES string of the molecule is CCOC(C)c1nc(C)c(C(=O)N2CCCC2CN)s1. The van der Waals surface area contributed by atoms with Crippen LogP contribution in [0, 0.1) is 6.92 Å². The van der Waals surface area contributed by atoms with Crippen molar-refractivity contribution < 1.29 is 9.53 Å². The number of hydrogen-bond donors (Lipinski definition) is 1. The second-order valence-electron chi connectivity index (χ2n) is 5.09. The summed E-state index contributed by atoms with van der Waals surface area (Å²) >= 11 is 1.45. The Hall–Kier alpha value is -0.980. The number of likely N-dealkylation sites (tertiary alicyclic amines) is 1. The zero-order chi connectivity index (χ0) is 14.7. The average molecular weight is 297 g/mol. The van der Waals surface area contributed by atoms with Gasteiger partial charge in [0, 0.05) is 25.7 Å². The third kappa shape index (κ3) is 3.02. The van der Waals surface area contributed by atoms with Gasteiger partial charge < -0.3 is 15.4 Å². The molecule has 20 heavy (non-hydrogen) atoms. The van der Waals surface area contributed by atoms with Gasteiger partial charge in [0.05, 0.1) is 5.69 Å². The summed E-state index contributed by atoms with van der Waals surface area (Å²) in [5.41, 5.74) is 6.54. The van der Waals surface area contributed by atoms with Crippen LogP contribution in [0.1, 0.15) is 53.2 Å². The number of nitrogens with zero attached hydrogens (tertiary/aromatic N) is 2. The van der Waals surface area contributed by atoms with E-state index in [-0.39, 0.29) is 18.1 Å². The summed E-state index contributed by atoms with van der Waals surface area (Å²) in [4.78, 5) is 19.7. The van der Waals surface area contributed by atoms with Gasteiger partial charge in [-0.25, -0.2) is 4.98 Å². The standard InChI is InChI=1S/C14H23N3O2S/c1-4-19-10(3)13-16-9(2)12(20-13)14(18)17-7-5-6-11(17)8-15/h10-11H,4-8,15H2,1-3H3. The molecule has 1 amide bonds. The Morgan fingerprint density at radius 3 is 3.05 bits per heavy atom. The topological polar surface area (TPSA) is 68.5 Å². The number of carbonyl (C=O) groups is 1. The molecular formula is C14H23N3O2S. The van der Waals surface area contributed by atoms with Crippen molar-refractivity contribution in [2.45, 2.75) is 45.8 Å². The zero-order valence-corrected chi connectivity index (χ0v) is 13.2. The van der Waals surface area contributed by atoms with E-state index >= 15 is 0 Å². The molecule has 0 aliphatic carbocycles. The first-order chi connectivity index (χ1) is 9.58. The minimum absolute atomic E-state index is 0.0610. The zero-order valence-electron chi connectivity index (χ0n) is 12.4. The van der Waals surface area contributed by atoms with Gasteiger partial charge in [-0.15, -0.1) is 11.3 Å². The van der Waals surface area contributed by atoms with Crippen molar-refractivity contribution in [3.05, 3.63) is 15.6 Å². The first-order valence-electron chi connectivity index (χ1n) is 7.18. The molecule has 1 saturated heterocycles. The molecule has 1 fully saturated rings. The lowest BCUT2D eigenvalue weighted by Gasteiger charge is -2.22. The number of nitrogens with two attached hydrogens (primary N) is 1. The summed E-state index contributed by atoms with van der Waals surface area (Å²) in [7, 11) is 0. The van der Waals surface area contributed by atoms with Crippen LogP contribution in [0.5, 0.6) is 0 Å². The highest BCUT2D eigenvalue weighted by atomic mass is 32.1. The van der Waals surface area contributed by atoms with Crippen molar-refractivity contribution in [3.8, 4) is 0 Å². The molecule has 0 bridgehead atoms. The normalized spacial score (nSPS) is 20.4. The fourth-order valence-electron chi connectivity index (χ4n) is 2.59. The monoisotopic (exact) mass is 297 g/mol. The minimum atomic E-state index is -0.0610. The lowest BCUT2D eigenvalue weighted by Crippen LogP contribution is -2.39. The summed E-state index contributed by atoms with van der Waals surface area (Å²) in [5, 5.41) is 0.871. The Kier molecular flexibility index (Phi) is 5.12. The van der Waals surface area contributed by atoms with Gasteiger partial charge in [0.1, 0.15) is 16.0 Å². The Labute approximate surface area is 124 Å². The lowest BCUT2D eigenvalue weighted by atomic mass is 10.2. The second-order valence-corrected chi connectivity index (χ2v) is 6.13. The molecule has 6 heteroatoms. The van der Waals surface area contributed by atoms with E-state index in [2.05, 4.69) is 4.98 Å². The summed E-state index contributed by atoms with van der Waals surface area (Å²) in [6.07, 6.45) is 1.98. The van der Waals surface area contributed by atoms with E-state index in [1.54, 1.807) is 0 Å². The molecule has 0 saturated carbocycles. The van der Waals surface area contributed by atoms with Crippen LogP contribution in [0.25, 0.3) is 0 Å². The van der Waals surface area contributed by atoms with E-state index in [0.717, 1.165) is 35.0 Å². The number of amides is 1. The summed E-state index contributed by atoms with van der Waals surface area (Å²) in [6, 6.07) is 0.178. The number of ether oxygens (including phenoxy) is 1. The molecule has 112 valence electrons. The van der Waals surface area contributed by atoms with E-state index in [4.69, 9.17) is 10.5 Å². The predicted molar refractivity (Wildman–Crippen MR) is 80.0 cm³/mol. The molecule has 2 heterocycles. The number of hydrogen-bond acceptors (Lipinski definition) is 5. The van der Waals surface area contributed by atoms with Crippen LogP contribution in [0.3, 0.4) is 0 Å². The molecule has 0 aromatic carbocycles. The summed E-state index contributed by atoms with van der Waals surface area (Å²) in [5.74, 6) is 0.0721. The van der Waals surface area contributed by atoms with Crippen molar-refractivity contribution in [1.82, 2.24) is 9.88 Å². The predicted octanol–water partition coefficient (Wildman–Crippen LogP) is 2.11. The number of thiazole rings is 1. The van der Waals surface area contributed by atoms with E-state index < -0.39 is 0 Å². The third-order valence-electron chi connectivity index (χ3n) is 3.68. The number of carbonyl (C=O) groups excluding carboxylic acids is 1. The van der Waals surface area contributed by atoms with Crippen molar-refractivity contribution in [1.29, 1.82) is 0 Å². The van der Waals surface area contributed by atoms with Crippen molar-refractivity contribution >= 4 is 17.2 Å². The van der Waals surface area contributed by atoms with Crippen molar-refractivity contribution in [2.75, 3.05) is 19.7 Å². The van der Waals surface area contributed by atoms with E-state index in [9.17, 15) is 4.79 Å². The molecule has 1 aromatic rings. The van der Waals surface area contributed by atoms with Crippen LogP contribution < -0.4 is 5.73 Å². The van der Waals surface area contributed by atoms with Crippen LogP contribution in [0.15, 0.2) is 0 Å². The molecule has 2 rings (SSSR count). The number of rotatable bonds is 5. The van der Waals surface area contributed by atoms with Gasteiger partial charge in [0.15, 0.2) is 0 Å². The van der Waals surface area contributed by atoms with Crippen molar-refractivity contribution in [2.24, 2.45) is 5.73 Å². The smallest absolute Gasteiger partial charge is 0.266 e. The van der Waals surface area contributed by atoms with Crippen LogP contribution in [-0.4, -0.2) is 41.5 Å². The Morgan fingerprint density at radius 2 is 2.40 bits per heavy atom. The van der Waals surface area contributed by atoms with Gasteiger partial charge in [0.25, 0.3) is 5.91 Å². The molecular weight excluding hydrogens is 274 g/mol. The molecule has 1 aliphatic rings. The molecule has 2 N–H and O–H groups in total. The quantitative estimate of drug-likeness (QED) is 0.904. The summed E-state index contributed by atoms with van der Waals surface area (Å²) < 4.78 is 5.55. The molecule has 2 unspecified atom stereocenters. The molecule has 1 aliphatic heterocycles. The molecule has 2 atom stereocenters. The van der Waals surface area contributed by atoms with Gasteiger partial charge in [0.2, 0.25) is 0 Å². The first-order valence-corrected chi connectivity index (χ1v) is 8.00. The maximum atomic E-state index is 12.6. The van der Waals surface area contributed by atoms with Crippen LogP contribution >= 0.6 is 11.3 Å². The molecule has 5 nitrogen and oxygen atoms in total. The third-order valence-corrected chi connectivity index (χ3v) is 4.99. The Balaban J connectivity index is 2.18. The van der Waals surface area contributed by atoms with E-state index in [1.807, 2.05) is 25.7 Å². The minimum Gasteiger partial charge on any atom is -0.372 e. The lowest BCUT2D eigenvalue weighted by molar-refractivity contribution is 0.0744. The summed E-state index contributed by atoms with van der Waals surface area (Å²) in [6.45, 7) is 7.79. The first kappa shape index (κ1) is 15.4. The molecule has 0 spiro atoms. The van der Waals surface area contributed by atoms with Gasteiger partial charge in [-0.2, -0.15) is 0 Å². The molecule has 0 radical (unpaired) electrons. The van der Waals surface area contributed by atoms with Gasteiger partial charge in [-0.3, -0.25) is 4.79 Å². The van der Waals surface area contributed by atoms with E-state index in [0.29, 0.717) is 13.2 Å². The van der Waals surface area contributed by atoms with Crippen LogP contribution in [0.4, 0.5) is 0 Å². The van der Waals surface area contributed by atoms with Gasteiger partial charge in [-0.1, -0.05) is 0 Å². The average Bonchev–Trinajstić information content (AvgIpc) is 3.04. The van der Waals surface area contributed by atoms with Crippen LogP contribution in [0.2, 0.25) is 0 Å². The highest BCUT2D eigenvalue weighted by Crippen LogP contribution is 2.28. The van der Waals surface area contributed by atoms with Crippen molar-refractivity contribution in [3.63, 3.8) is 0 Å². The maximum Gasteiger partial charge on any atom is 0.266 e. The Bertz CT molecular complexity index is 475. The van der Waals surface area contributed by atoms with E-state index in [1.165, 1.54) is 11.3 Å². The largest absolute Gasteiger partial charge is 0.372 e. The number of aromatic nitrogens is 1. The maximum absolute atomic E-state index is 12.6. The van der Waals surface area contributed by atoms with Gasteiger partial charge in [-0.05, 0) is 33.6 Å². The Morgan fingerprint density at radius 1 is 1.65 bits per heavy atom. The fourth-order valence-corrected chi connectivity index (χ4v) is 3.61. The second kappa shape index (κ2) is 6.65. The molecule has 1 aromatic heterocycles. The number of aryl methyl sites for hydroxylation is 1.